The Bertz CT molecular complexity index is 711. The second-order valence-electron chi connectivity index (χ2n) is 6.87. The quantitative estimate of drug-likeness (QED) is 0.828. The molecule has 2 aromatic rings. The second-order valence-corrected chi connectivity index (χ2v) is 6.87. The topological polar surface area (TPSA) is 12.5 Å². The summed E-state index contributed by atoms with van der Waals surface area (Å²) >= 11 is 0. The molecule has 0 saturated heterocycles. The standard InChI is InChI=1S/C20H22FNO/c1-14-13-23-20-8-7-17(16-3-2-4-19(21)10-16)9-18(20)12-22(14)11-15-5-6-15/h2-4,7-10,14-15H,5-6,11-13H2,1H3/t14-/m0/s1. The van der Waals surface area contributed by atoms with Crippen LogP contribution in [0, 0.1) is 11.7 Å². The van der Waals surface area contributed by atoms with Crippen LogP contribution in [0.2, 0.25) is 0 Å². The molecular weight excluding hydrogens is 289 g/mol. The molecule has 1 fully saturated rings. The first-order valence-electron chi connectivity index (χ1n) is 8.45. The Morgan fingerprint density at radius 1 is 1.13 bits per heavy atom. The van der Waals surface area contributed by atoms with E-state index in [-0.39, 0.29) is 5.82 Å². The van der Waals surface area contributed by atoms with Crippen molar-refractivity contribution in [2.75, 3.05) is 13.2 Å². The van der Waals surface area contributed by atoms with Gasteiger partial charge < -0.3 is 4.74 Å². The van der Waals surface area contributed by atoms with Crippen molar-refractivity contribution >= 4 is 0 Å². The minimum absolute atomic E-state index is 0.197. The van der Waals surface area contributed by atoms with Crippen LogP contribution >= 0.6 is 0 Å². The smallest absolute Gasteiger partial charge is 0.123 e. The van der Waals surface area contributed by atoms with Gasteiger partial charge in [0.2, 0.25) is 0 Å². The predicted octanol–water partition coefficient (Wildman–Crippen LogP) is 4.49. The van der Waals surface area contributed by atoms with Crippen LogP contribution in [0.25, 0.3) is 11.1 Å². The zero-order valence-corrected chi connectivity index (χ0v) is 13.5. The van der Waals surface area contributed by atoms with E-state index >= 15 is 0 Å². The van der Waals surface area contributed by atoms with E-state index in [1.54, 1.807) is 12.1 Å². The third kappa shape index (κ3) is 3.25. The number of hydrogen-bond acceptors (Lipinski definition) is 2. The molecule has 0 radical (unpaired) electrons. The van der Waals surface area contributed by atoms with Crippen LogP contribution in [0.5, 0.6) is 5.75 Å². The molecule has 1 heterocycles. The van der Waals surface area contributed by atoms with Gasteiger partial charge in [0.15, 0.2) is 0 Å². The van der Waals surface area contributed by atoms with E-state index < -0.39 is 0 Å². The van der Waals surface area contributed by atoms with Gasteiger partial charge in [0.25, 0.3) is 0 Å². The van der Waals surface area contributed by atoms with Crippen LogP contribution in [-0.4, -0.2) is 24.1 Å². The summed E-state index contributed by atoms with van der Waals surface area (Å²) in [5, 5.41) is 0. The third-order valence-corrected chi connectivity index (χ3v) is 4.88. The zero-order valence-electron chi connectivity index (χ0n) is 13.5. The molecule has 23 heavy (non-hydrogen) atoms. The number of fused-ring (bicyclic) bond motifs is 1. The van der Waals surface area contributed by atoms with Gasteiger partial charge in [0, 0.05) is 24.7 Å². The summed E-state index contributed by atoms with van der Waals surface area (Å²) in [7, 11) is 0. The minimum atomic E-state index is -0.197. The maximum Gasteiger partial charge on any atom is 0.123 e. The van der Waals surface area contributed by atoms with Crippen molar-refractivity contribution in [2.45, 2.75) is 32.4 Å². The molecule has 120 valence electrons. The number of halogens is 1. The lowest BCUT2D eigenvalue weighted by molar-refractivity contribution is 0.152. The van der Waals surface area contributed by atoms with Crippen molar-refractivity contribution in [2.24, 2.45) is 5.92 Å². The molecule has 3 heteroatoms. The molecule has 0 amide bonds. The van der Waals surface area contributed by atoms with Gasteiger partial charge in [-0.1, -0.05) is 18.2 Å². The Hall–Kier alpha value is -1.87. The van der Waals surface area contributed by atoms with E-state index in [2.05, 4.69) is 17.9 Å². The second kappa shape index (κ2) is 5.97. The SMILES string of the molecule is C[C@H]1COc2ccc(-c3cccc(F)c3)cc2CN1CC1CC1. The largest absolute Gasteiger partial charge is 0.492 e. The van der Waals surface area contributed by atoms with Crippen molar-refractivity contribution in [3.8, 4) is 16.9 Å². The first-order chi connectivity index (χ1) is 11.2. The van der Waals surface area contributed by atoms with Crippen LogP contribution in [0.3, 0.4) is 0 Å². The van der Waals surface area contributed by atoms with E-state index in [1.165, 1.54) is 24.5 Å². The molecule has 0 unspecified atom stereocenters. The van der Waals surface area contributed by atoms with Crippen LogP contribution in [0.15, 0.2) is 42.5 Å². The van der Waals surface area contributed by atoms with Gasteiger partial charge in [-0.3, -0.25) is 4.90 Å². The van der Waals surface area contributed by atoms with Crippen molar-refractivity contribution in [1.82, 2.24) is 4.90 Å². The maximum atomic E-state index is 13.5. The van der Waals surface area contributed by atoms with Gasteiger partial charge >= 0.3 is 0 Å². The molecule has 0 N–H and O–H groups in total. The van der Waals surface area contributed by atoms with Gasteiger partial charge in [-0.2, -0.15) is 0 Å². The zero-order chi connectivity index (χ0) is 15.8. The van der Waals surface area contributed by atoms with Gasteiger partial charge in [-0.05, 0) is 61.1 Å². The summed E-state index contributed by atoms with van der Waals surface area (Å²) in [6, 6.07) is 13.4. The highest BCUT2D eigenvalue weighted by Crippen LogP contribution is 2.34. The van der Waals surface area contributed by atoms with Crippen LogP contribution in [-0.2, 0) is 6.54 Å². The van der Waals surface area contributed by atoms with Crippen molar-refractivity contribution in [3.63, 3.8) is 0 Å². The number of rotatable bonds is 3. The summed E-state index contributed by atoms with van der Waals surface area (Å²) in [4.78, 5) is 2.53. The minimum Gasteiger partial charge on any atom is -0.492 e. The number of hydrogen-bond donors (Lipinski definition) is 0. The van der Waals surface area contributed by atoms with E-state index in [1.807, 2.05) is 18.2 Å². The molecule has 1 atom stereocenters. The van der Waals surface area contributed by atoms with Gasteiger partial charge in [-0.25, -0.2) is 4.39 Å². The molecule has 4 rings (SSSR count). The summed E-state index contributed by atoms with van der Waals surface area (Å²) in [5.41, 5.74) is 3.17. The Morgan fingerprint density at radius 2 is 1.96 bits per heavy atom. The molecule has 0 aromatic heterocycles. The number of ether oxygens (including phenoxy) is 1. The third-order valence-electron chi connectivity index (χ3n) is 4.88. The van der Waals surface area contributed by atoms with Gasteiger partial charge in [0.1, 0.15) is 18.2 Å². The fraction of sp³-hybridized carbons (Fsp3) is 0.400. The average molecular weight is 311 g/mol. The summed E-state index contributed by atoms with van der Waals surface area (Å²) < 4.78 is 19.5. The maximum absolute atomic E-state index is 13.5. The molecule has 2 aromatic carbocycles. The first kappa shape index (κ1) is 14.7. The molecule has 0 bridgehead atoms. The summed E-state index contributed by atoms with van der Waals surface area (Å²) in [6.07, 6.45) is 2.72. The van der Waals surface area contributed by atoms with Crippen molar-refractivity contribution < 1.29 is 9.13 Å². The Balaban J connectivity index is 1.64. The van der Waals surface area contributed by atoms with Crippen LogP contribution < -0.4 is 4.74 Å². The van der Waals surface area contributed by atoms with Crippen LogP contribution in [0.1, 0.15) is 25.3 Å². The highest BCUT2D eigenvalue weighted by Gasteiger charge is 2.29. The molecule has 2 aliphatic rings. The van der Waals surface area contributed by atoms with E-state index in [4.69, 9.17) is 4.74 Å². The monoisotopic (exact) mass is 311 g/mol. The normalized spacial score (nSPS) is 21.4. The highest BCUT2D eigenvalue weighted by molar-refractivity contribution is 5.65. The van der Waals surface area contributed by atoms with E-state index in [0.29, 0.717) is 6.04 Å². The molecule has 1 aliphatic carbocycles. The fourth-order valence-corrected chi connectivity index (χ4v) is 3.26. The summed E-state index contributed by atoms with van der Waals surface area (Å²) in [5.74, 6) is 1.64. The lowest BCUT2D eigenvalue weighted by Crippen LogP contribution is -2.36. The van der Waals surface area contributed by atoms with Gasteiger partial charge in [0.05, 0.1) is 0 Å². The van der Waals surface area contributed by atoms with E-state index in [0.717, 1.165) is 42.5 Å². The van der Waals surface area contributed by atoms with E-state index in [9.17, 15) is 4.39 Å². The first-order valence-corrected chi connectivity index (χ1v) is 8.45. The lowest BCUT2D eigenvalue weighted by atomic mass is 10.0. The molecule has 1 aliphatic heterocycles. The Labute approximate surface area is 136 Å². The molecule has 2 nitrogen and oxygen atoms in total. The van der Waals surface area contributed by atoms with Crippen LogP contribution in [0.4, 0.5) is 4.39 Å². The molecule has 0 spiro atoms. The van der Waals surface area contributed by atoms with Gasteiger partial charge in [-0.15, -0.1) is 0 Å². The lowest BCUT2D eigenvalue weighted by Gasteiger charge is -2.25. The molecular formula is C20H22FNO. The van der Waals surface area contributed by atoms with Crippen molar-refractivity contribution in [1.29, 1.82) is 0 Å². The fourth-order valence-electron chi connectivity index (χ4n) is 3.26. The Kier molecular flexibility index (Phi) is 3.82. The summed E-state index contributed by atoms with van der Waals surface area (Å²) in [6.45, 7) is 5.05. The molecule has 1 saturated carbocycles. The predicted molar refractivity (Wildman–Crippen MR) is 89.9 cm³/mol. The van der Waals surface area contributed by atoms with Crippen molar-refractivity contribution in [3.05, 3.63) is 53.8 Å². The number of benzene rings is 2. The Morgan fingerprint density at radius 3 is 2.74 bits per heavy atom. The highest BCUT2D eigenvalue weighted by atomic mass is 19.1. The number of nitrogens with zero attached hydrogens (tertiary/aromatic N) is 1. The average Bonchev–Trinajstić information content (AvgIpc) is 3.37.